The molecule has 0 bridgehead atoms. The van der Waals surface area contributed by atoms with Crippen LogP contribution in [0.3, 0.4) is 0 Å². The molecular formula is C9H9ClN2O2. The molecule has 0 radical (unpaired) electrons. The summed E-state index contributed by atoms with van der Waals surface area (Å²) in [6, 6.07) is 2.83. The van der Waals surface area contributed by atoms with Crippen LogP contribution in [-0.4, -0.2) is 19.8 Å². The molecule has 1 aromatic heterocycles. The van der Waals surface area contributed by atoms with Gasteiger partial charge in [-0.25, -0.2) is 4.98 Å². The van der Waals surface area contributed by atoms with Crippen molar-refractivity contribution in [3.8, 4) is 11.5 Å². The number of aromatic nitrogens is 2. The van der Waals surface area contributed by atoms with Crippen molar-refractivity contribution in [1.82, 2.24) is 9.55 Å². The van der Waals surface area contributed by atoms with E-state index in [1.807, 2.05) is 0 Å². The van der Waals surface area contributed by atoms with Crippen molar-refractivity contribution in [2.24, 2.45) is 7.05 Å². The number of phenols is 2. The predicted octanol–water partition coefficient (Wildman–Crippen LogP) is 1.72. The molecule has 0 unspecified atom stereocenters. The number of alkyl halides is 1. The highest BCUT2D eigenvalue weighted by atomic mass is 35.5. The van der Waals surface area contributed by atoms with Crippen molar-refractivity contribution in [2.75, 3.05) is 0 Å². The first-order valence-corrected chi connectivity index (χ1v) is 4.60. The van der Waals surface area contributed by atoms with Gasteiger partial charge in [0.1, 0.15) is 28.4 Å². The molecule has 4 nitrogen and oxygen atoms in total. The van der Waals surface area contributed by atoms with Crippen LogP contribution in [0, 0.1) is 0 Å². The maximum absolute atomic E-state index is 9.57. The number of aromatic hydroxyl groups is 2. The normalized spacial score (nSPS) is 11.0. The van der Waals surface area contributed by atoms with Crippen molar-refractivity contribution in [3.63, 3.8) is 0 Å². The van der Waals surface area contributed by atoms with Crippen LogP contribution in [-0.2, 0) is 12.9 Å². The van der Waals surface area contributed by atoms with Gasteiger partial charge in [-0.15, -0.1) is 11.6 Å². The monoisotopic (exact) mass is 212 g/mol. The topological polar surface area (TPSA) is 58.3 Å². The number of hydrogen-bond donors (Lipinski definition) is 2. The number of benzene rings is 1. The molecule has 2 rings (SSSR count). The minimum Gasteiger partial charge on any atom is -0.506 e. The Morgan fingerprint density at radius 1 is 1.36 bits per heavy atom. The molecule has 0 fully saturated rings. The van der Waals surface area contributed by atoms with E-state index < -0.39 is 0 Å². The first-order chi connectivity index (χ1) is 6.65. The Kier molecular flexibility index (Phi) is 2.00. The van der Waals surface area contributed by atoms with E-state index in [-0.39, 0.29) is 17.4 Å². The zero-order chi connectivity index (χ0) is 10.3. The lowest BCUT2D eigenvalue weighted by Gasteiger charge is -2.00. The first-order valence-electron chi connectivity index (χ1n) is 4.07. The van der Waals surface area contributed by atoms with E-state index in [0.717, 1.165) is 0 Å². The van der Waals surface area contributed by atoms with Gasteiger partial charge < -0.3 is 14.8 Å². The summed E-state index contributed by atoms with van der Waals surface area (Å²) in [5, 5.41) is 19.1. The number of halogens is 1. The Hall–Kier alpha value is -1.42. The molecule has 0 saturated heterocycles. The van der Waals surface area contributed by atoms with Crippen LogP contribution in [0.1, 0.15) is 5.82 Å². The van der Waals surface area contributed by atoms with E-state index >= 15 is 0 Å². The molecule has 2 aromatic rings. The van der Waals surface area contributed by atoms with Crippen molar-refractivity contribution < 1.29 is 10.2 Å². The highest BCUT2D eigenvalue weighted by molar-refractivity contribution is 6.17. The quantitative estimate of drug-likeness (QED) is 0.559. The lowest BCUT2D eigenvalue weighted by atomic mass is 10.2. The molecule has 0 spiro atoms. The van der Waals surface area contributed by atoms with E-state index in [4.69, 9.17) is 11.6 Å². The zero-order valence-electron chi connectivity index (χ0n) is 7.53. The number of fused-ring (bicyclic) bond motifs is 1. The van der Waals surface area contributed by atoms with Gasteiger partial charge in [0.25, 0.3) is 0 Å². The summed E-state index contributed by atoms with van der Waals surface area (Å²) in [5.41, 5.74) is 0.879. The third kappa shape index (κ3) is 1.11. The summed E-state index contributed by atoms with van der Waals surface area (Å²) in [7, 11) is 1.74. The fourth-order valence-electron chi connectivity index (χ4n) is 1.45. The van der Waals surface area contributed by atoms with E-state index in [1.165, 1.54) is 12.1 Å². The van der Waals surface area contributed by atoms with Gasteiger partial charge in [-0.3, -0.25) is 0 Å². The SMILES string of the molecule is Cn1c(CCl)nc2c(O)ccc(O)c21. The molecule has 1 aromatic carbocycles. The fourth-order valence-corrected chi connectivity index (χ4v) is 1.69. The van der Waals surface area contributed by atoms with Gasteiger partial charge in [0, 0.05) is 7.05 Å². The van der Waals surface area contributed by atoms with Gasteiger partial charge in [0.2, 0.25) is 0 Å². The molecular weight excluding hydrogens is 204 g/mol. The number of phenolic OH excluding ortho intramolecular Hbond substituents is 2. The Morgan fingerprint density at radius 2 is 2.00 bits per heavy atom. The summed E-state index contributed by atoms with van der Waals surface area (Å²) in [6.45, 7) is 0. The van der Waals surface area contributed by atoms with Crippen LogP contribution < -0.4 is 0 Å². The summed E-state index contributed by atoms with van der Waals surface area (Å²) in [4.78, 5) is 4.11. The second kappa shape index (κ2) is 3.06. The molecule has 5 heteroatoms. The highest BCUT2D eigenvalue weighted by Gasteiger charge is 2.13. The smallest absolute Gasteiger partial charge is 0.143 e. The van der Waals surface area contributed by atoms with Crippen LogP contribution in [0.5, 0.6) is 11.5 Å². The minimum atomic E-state index is 0.0461. The maximum atomic E-state index is 9.57. The molecule has 0 amide bonds. The zero-order valence-corrected chi connectivity index (χ0v) is 8.28. The number of rotatable bonds is 1. The summed E-state index contributed by atoms with van der Waals surface area (Å²) >= 11 is 5.66. The van der Waals surface area contributed by atoms with Gasteiger partial charge in [0.15, 0.2) is 0 Å². The number of nitrogens with zero attached hydrogens (tertiary/aromatic N) is 2. The van der Waals surface area contributed by atoms with Crippen LogP contribution in [0.15, 0.2) is 12.1 Å². The van der Waals surface area contributed by atoms with Gasteiger partial charge in [0.05, 0.1) is 5.88 Å². The van der Waals surface area contributed by atoms with Crippen molar-refractivity contribution in [3.05, 3.63) is 18.0 Å². The number of imidazole rings is 1. The molecule has 2 N–H and O–H groups in total. The maximum Gasteiger partial charge on any atom is 0.143 e. The van der Waals surface area contributed by atoms with E-state index in [2.05, 4.69) is 4.98 Å². The van der Waals surface area contributed by atoms with Crippen molar-refractivity contribution in [1.29, 1.82) is 0 Å². The highest BCUT2D eigenvalue weighted by Crippen LogP contribution is 2.31. The van der Waals surface area contributed by atoms with Crippen molar-refractivity contribution >= 4 is 22.6 Å². The molecule has 1 heterocycles. The van der Waals surface area contributed by atoms with Gasteiger partial charge in [-0.1, -0.05) is 0 Å². The summed E-state index contributed by atoms with van der Waals surface area (Å²) < 4.78 is 1.66. The summed E-state index contributed by atoms with van der Waals surface area (Å²) in [6.07, 6.45) is 0. The Balaban J connectivity index is 2.90. The molecule has 74 valence electrons. The number of aryl methyl sites for hydroxylation is 1. The predicted molar refractivity (Wildman–Crippen MR) is 53.6 cm³/mol. The van der Waals surface area contributed by atoms with Crippen LogP contribution in [0.25, 0.3) is 11.0 Å². The third-order valence-electron chi connectivity index (χ3n) is 2.19. The molecule has 0 aliphatic carbocycles. The molecule has 14 heavy (non-hydrogen) atoms. The first kappa shape index (κ1) is 9.15. The average molecular weight is 213 g/mol. The van der Waals surface area contributed by atoms with Crippen LogP contribution in [0.2, 0.25) is 0 Å². The molecule has 0 aliphatic heterocycles. The van der Waals surface area contributed by atoms with E-state index in [9.17, 15) is 10.2 Å². The van der Waals surface area contributed by atoms with E-state index in [0.29, 0.717) is 16.9 Å². The lowest BCUT2D eigenvalue weighted by molar-refractivity contribution is 0.467. The Morgan fingerprint density at radius 3 is 2.57 bits per heavy atom. The van der Waals surface area contributed by atoms with Gasteiger partial charge >= 0.3 is 0 Å². The number of hydrogen-bond acceptors (Lipinski definition) is 3. The Labute approximate surface area is 85.4 Å². The standard InChI is InChI=1S/C9H9ClN2O2/c1-12-7(4-10)11-8-5(13)2-3-6(14)9(8)12/h2-3,13-14H,4H2,1H3. The van der Waals surface area contributed by atoms with Crippen molar-refractivity contribution in [2.45, 2.75) is 5.88 Å². The van der Waals surface area contributed by atoms with Crippen LogP contribution >= 0.6 is 11.6 Å². The second-order valence-electron chi connectivity index (χ2n) is 3.02. The molecule has 0 atom stereocenters. The third-order valence-corrected chi connectivity index (χ3v) is 2.43. The summed E-state index contributed by atoms with van der Waals surface area (Å²) in [5.74, 6) is 0.983. The van der Waals surface area contributed by atoms with Gasteiger partial charge in [-0.2, -0.15) is 0 Å². The lowest BCUT2D eigenvalue weighted by Crippen LogP contribution is -1.93. The average Bonchev–Trinajstić information content (AvgIpc) is 2.51. The second-order valence-corrected chi connectivity index (χ2v) is 3.29. The largest absolute Gasteiger partial charge is 0.506 e. The van der Waals surface area contributed by atoms with Crippen LogP contribution in [0.4, 0.5) is 0 Å². The van der Waals surface area contributed by atoms with Gasteiger partial charge in [-0.05, 0) is 12.1 Å². The van der Waals surface area contributed by atoms with E-state index in [1.54, 1.807) is 11.6 Å². The molecule has 0 aliphatic rings. The minimum absolute atomic E-state index is 0.0461. The molecule has 0 saturated carbocycles. The Bertz CT molecular complexity index is 493. The fraction of sp³-hybridized carbons (Fsp3) is 0.222.